The summed E-state index contributed by atoms with van der Waals surface area (Å²) in [6.45, 7) is 3.22. The average molecular weight is 375 g/mol. The van der Waals surface area contributed by atoms with Crippen molar-refractivity contribution in [2.45, 2.75) is 20.0 Å². The molecule has 104 valence electrons. The normalized spacial score (nSPS) is 10.9. The van der Waals surface area contributed by atoms with Gasteiger partial charge in [0.15, 0.2) is 5.96 Å². The van der Waals surface area contributed by atoms with Gasteiger partial charge in [0.2, 0.25) is 0 Å². The van der Waals surface area contributed by atoms with Crippen LogP contribution < -0.4 is 10.6 Å². The summed E-state index contributed by atoms with van der Waals surface area (Å²) in [6.07, 6.45) is 3.34. The van der Waals surface area contributed by atoms with Crippen LogP contribution in [0.2, 0.25) is 0 Å². The number of nitrogens with zero attached hydrogens (tertiary/aromatic N) is 1. The Morgan fingerprint density at radius 1 is 1.16 bits per heavy atom. The molecule has 2 N–H and O–H groups in total. The second-order valence-electron chi connectivity index (χ2n) is 3.89. The largest absolute Gasteiger partial charge is 0.467 e. The molecule has 0 fully saturated rings. The molecule has 5 nitrogen and oxygen atoms in total. The first-order chi connectivity index (χ1) is 8.79. The highest BCUT2D eigenvalue weighted by Crippen LogP contribution is 2.07. The molecule has 0 aliphatic carbocycles. The van der Waals surface area contributed by atoms with Crippen molar-refractivity contribution in [3.8, 4) is 0 Å². The Morgan fingerprint density at radius 3 is 2.53 bits per heavy atom. The van der Waals surface area contributed by atoms with E-state index in [0.29, 0.717) is 19.0 Å². The van der Waals surface area contributed by atoms with E-state index >= 15 is 0 Å². The average Bonchev–Trinajstić information content (AvgIpc) is 3.01. The third-order valence-electron chi connectivity index (χ3n) is 2.62. The lowest BCUT2D eigenvalue weighted by Crippen LogP contribution is -2.36. The number of aliphatic imine (C=N–C) groups is 1. The Labute approximate surface area is 129 Å². The summed E-state index contributed by atoms with van der Waals surface area (Å²) in [7, 11) is 1.73. The third kappa shape index (κ3) is 4.62. The highest BCUT2D eigenvalue weighted by Gasteiger charge is 2.04. The van der Waals surface area contributed by atoms with Crippen LogP contribution in [0.3, 0.4) is 0 Å². The molecule has 0 aliphatic rings. The Balaban J connectivity index is 0.00000180. The fourth-order valence-corrected chi connectivity index (χ4v) is 1.55. The molecule has 0 saturated carbocycles. The Kier molecular flexibility index (Phi) is 6.48. The summed E-state index contributed by atoms with van der Waals surface area (Å²) in [5.41, 5.74) is 1.13. The minimum atomic E-state index is 0. The van der Waals surface area contributed by atoms with Crippen LogP contribution in [0.5, 0.6) is 0 Å². The lowest BCUT2D eigenvalue weighted by Gasteiger charge is -2.10. The van der Waals surface area contributed by atoms with E-state index in [0.717, 1.165) is 17.1 Å². The van der Waals surface area contributed by atoms with Crippen molar-refractivity contribution < 1.29 is 8.83 Å². The van der Waals surface area contributed by atoms with Gasteiger partial charge in [0.25, 0.3) is 0 Å². The maximum absolute atomic E-state index is 5.35. The van der Waals surface area contributed by atoms with Gasteiger partial charge < -0.3 is 19.5 Å². The third-order valence-corrected chi connectivity index (χ3v) is 2.62. The molecule has 2 aromatic heterocycles. The van der Waals surface area contributed by atoms with Gasteiger partial charge >= 0.3 is 0 Å². The monoisotopic (exact) mass is 375 g/mol. The van der Waals surface area contributed by atoms with Crippen molar-refractivity contribution in [2.24, 2.45) is 4.99 Å². The predicted molar refractivity (Wildman–Crippen MR) is 84.6 cm³/mol. The zero-order chi connectivity index (χ0) is 12.8. The van der Waals surface area contributed by atoms with Crippen LogP contribution in [0.4, 0.5) is 0 Å². The van der Waals surface area contributed by atoms with Gasteiger partial charge in [0.1, 0.15) is 11.5 Å². The molecule has 6 heteroatoms. The number of halogens is 1. The van der Waals surface area contributed by atoms with Crippen molar-refractivity contribution in [2.75, 3.05) is 7.05 Å². The van der Waals surface area contributed by atoms with E-state index < -0.39 is 0 Å². The smallest absolute Gasteiger partial charge is 0.191 e. The number of aryl methyl sites for hydroxylation is 1. The van der Waals surface area contributed by atoms with Crippen molar-refractivity contribution in [3.05, 3.63) is 47.8 Å². The van der Waals surface area contributed by atoms with Gasteiger partial charge in [0, 0.05) is 7.05 Å². The molecule has 0 saturated heterocycles. The molecule has 0 aliphatic heterocycles. The number of hydrogen-bond acceptors (Lipinski definition) is 3. The van der Waals surface area contributed by atoms with Crippen LogP contribution in [0.1, 0.15) is 17.1 Å². The summed E-state index contributed by atoms with van der Waals surface area (Å²) in [6, 6.07) is 5.71. The van der Waals surface area contributed by atoms with Gasteiger partial charge in [-0.2, -0.15) is 0 Å². The zero-order valence-electron chi connectivity index (χ0n) is 11.0. The second-order valence-corrected chi connectivity index (χ2v) is 3.89. The number of hydrogen-bond donors (Lipinski definition) is 2. The molecule has 2 aromatic rings. The van der Waals surface area contributed by atoms with E-state index in [9.17, 15) is 0 Å². The molecule has 0 radical (unpaired) electrons. The number of guanidine groups is 1. The van der Waals surface area contributed by atoms with Crippen molar-refractivity contribution in [3.63, 3.8) is 0 Å². The fourth-order valence-electron chi connectivity index (χ4n) is 1.55. The van der Waals surface area contributed by atoms with Crippen LogP contribution in [-0.2, 0) is 13.1 Å². The molecule has 0 amide bonds. The summed E-state index contributed by atoms with van der Waals surface area (Å²) in [4.78, 5) is 4.13. The van der Waals surface area contributed by atoms with Crippen LogP contribution in [0.25, 0.3) is 0 Å². The van der Waals surface area contributed by atoms with Gasteiger partial charge in [-0.25, -0.2) is 0 Å². The first kappa shape index (κ1) is 15.6. The molecule has 0 bridgehead atoms. The molecule has 2 rings (SSSR count). The van der Waals surface area contributed by atoms with Gasteiger partial charge in [-0.3, -0.25) is 4.99 Å². The Hall–Kier alpha value is -1.44. The topological polar surface area (TPSA) is 62.7 Å². The SMILES string of the molecule is CN=C(NCc1ccco1)NCc1occc1C.I. The summed E-state index contributed by atoms with van der Waals surface area (Å²) >= 11 is 0. The summed E-state index contributed by atoms with van der Waals surface area (Å²) in [5.74, 6) is 2.49. The number of furan rings is 2. The number of rotatable bonds is 4. The minimum Gasteiger partial charge on any atom is -0.467 e. The second kappa shape index (κ2) is 7.88. The first-order valence-electron chi connectivity index (χ1n) is 5.79. The van der Waals surface area contributed by atoms with E-state index in [2.05, 4.69) is 15.6 Å². The molecule has 19 heavy (non-hydrogen) atoms. The zero-order valence-corrected chi connectivity index (χ0v) is 13.3. The molecule has 0 spiro atoms. The van der Waals surface area contributed by atoms with Gasteiger partial charge in [-0.05, 0) is 30.7 Å². The highest BCUT2D eigenvalue weighted by molar-refractivity contribution is 14.0. The number of nitrogens with one attached hydrogen (secondary N) is 2. The summed E-state index contributed by atoms with van der Waals surface area (Å²) < 4.78 is 10.6. The maximum atomic E-state index is 5.35. The van der Waals surface area contributed by atoms with Gasteiger partial charge in [0.05, 0.1) is 25.6 Å². The van der Waals surface area contributed by atoms with Crippen LogP contribution in [0, 0.1) is 6.92 Å². The quantitative estimate of drug-likeness (QED) is 0.490. The van der Waals surface area contributed by atoms with Crippen molar-refractivity contribution >= 4 is 29.9 Å². The molecule has 2 heterocycles. The Bertz CT molecular complexity index is 506. The molecule has 0 atom stereocenters. The molecule has 0 unspecified atom stereocenters. The molecular formula is C13H18IN3O2. The van der Waals surface area contributed by atoms with Gasteiger partial charge in [-0.15, -0.1) is 24.0 Å². The standard InChI is InChI=1S/C13H17N3O2.HI/c1-10-5-7-18-12(10)9-16-13(14-2)15-8-11-4-3-6-17-11;/h3-7H,8-9H2,1-2H3,(H2,14,15,16);1H. The van der Waals surface area contributed by atoms with Crippen molar-refractivity contribution in [1.82, 2.24) is 10.6 Å². The Morgan fingerprint density at radius 2 is 1.95 bits per heavy atom. The molecule has 0 aromatic carbocycles. The van der Waals surface area contributed by atoms with E-state index in [1.807, 2.05) is 25.1 Å². The minimum absolute atomic E-state index is 0. The summed E-state index contributed by atoms with van der Waals surface area (Å²) in [5, 5.41) is 6.34. The van der Waals surface area contributed by atoms with Crippen LogP contribution >= 0.6 is 24.0 Å². The van der Waals surface area contributed by atoms with E-state index in [-0.39, 0.29) is 24.0 Å². The lowest BCUT2D eigenvalue weighted by atomic mass is 10.3. The van der Waals surface area contributed by atoms with Crippen LogP contribution in [0.15, 0.2) is 44.6 Å². The van der Waals surface area contributed by atoms with Crippen LogP contribution in [-0.4, -0.2) is 13.0 Å². The first-order valence-corrected chi connectivity index (χ1v) is 5.79. The predicted octanol–water partition coefficient (Wildman–Crippen LogP) is 2.66. The van der Waals surface area contributed by atoms with Gasteiger partial charge in [-0.1, -0.05) is 0 Å². The molecular weight excluding hydrogens is 357 g/mol. The van der Waals surface area contributed by atoms with Crippen molar-refractivity contribution in [1.29, 1.82) is 0 Å². The fraction of sp³-hybridized carbons (Fsp3) is 0.308. The van der Waals surface area contributed by atoms with E-state index in [1.54, 1.807) is 19.6 Å². The van der Waals surface area contributed by atoms with E-state index in [4.69, 9.17) is 8.83 Å². The van der Waals surface area contributed by atoms with E-state index in [1.165, 1.54) is 0 Å². The maximum Gasteiger partial charge on any atom is 0.191 e. The lowest BCUT2D eigenvalue weighted by molar-refractivity contribution is 0.492. The highest BCUT2D eigenvalue weighted by atomic mass is 127.